The Kier molecular flexibility index (Phi) is 4.88. The van der Waals surface area contributed by atoms with E-state index in [-0.39, 0.29) is 13.1 Å². The van der Waals surface area contributed by atoms with Crippen molar-refractivity contribution in [2.75, 3.05) is 20.1 Å². The number of terminal acetylenes is 1. The molecule has 0 unspecified atom stereocenters. The number of carboxylic acids is 1. The first-order chi connectivity index (χ1) is 8.93. The third kappa shape index (κ3) is 4.31. The largest absolute Gasteiger partial charge is 0.480 e. The van der Waals surface area contributed by atoms with Crippen molar-refractivity contribution in [3.8, 4) is 12.3 Å². The minimum Gasteiger partial charge on any atom is -0.480 e. The second-order valence-corrected chi connectivity index (χ2v) is 3.93. The molecule has 0 aromatic carbocycles. The van der Waals surface area contributed by atoms with Crippen molar-refractivity contribution in [3.05, 3.63) is 11.6 Å². The number of hydrogen-bond acceptors (Lipinski definition) is 4. The third-order valence-corrected chi connectivity index (χ3v) is 2.23. The van der Waals surface area contributed by atoms with Gasteiger partial charge in [0.2, 0.25) is 0 Å². The number of carboxylic acid groups (broad SMARTS) is 1. The number of carbonyl (C=O) groups excluding carboxylic acids is 1. The molecule has 8 nitrogen and oxygen atoms in total. The maximum Gasteiger partial charge on any atom is 0.323 e. The Balaban J connectivity index is 2.67. The lowest BCUT2D eigenvalue weighted by Crippen LogP contribution is -2.43. The van der Waals surface area contributed by atoms with E-state index in [1.807, 2.05) is 0 Å². The summed E-state index contributed by atoms with van der Waals surface area (Å²) in [7, 11) is 1.53. The molecule has 0 atom stereocenters. The van der Waals surface area contributed by atoms with Crippen LogP contribution in [0.4, 0.5) is 4.79 Å². The van der Waals surface area contributed by atoms with Gasteiger partial charge in [0.05, 0.1) is 13.1 Å². The van der Waals surface area contributed by atoms with Crippen molar-refractivity contribution in [2.45, 2.75) is 13.5 Å². The van der Waals surface area contributed by atoms with Gasteiger partial charge in [-0.2, -0.15) is 5.10 Å². The number of aryl methyl sites for hydroxylation is 1. The van der Waals surface area contributed by atoms with Crippen LogP contribution in [0.15, 0.2) is 0 Å². The summed E-state index contributed by atoms with van der Waals surface area (Å²) >= 11 is 0. The Morgan fingerprint density at radius 3 is 2.68 bits per heavy atom. The van der Waals surface area contributed by atoms with E-state index in [9.17, 15) is 9.59 Å². The Bertz CT molecular complexity index is 505. The molecule has 0 spiro atoms. The highest BCUT2D eigenvalue weighted by Crippen LogP contribution is 2.02. The normalized spacial score (nSPS) is 9.74. The van der Waals surface area contributed by atoms with Crippen LogP contribution in [0.3, 0.4) is 0 Å². The van der Waals surface area contributed by atoms with Crippen LogP contribution in [0, 0.1) is 19.3 Å². The summed E-state index contributed by atoms with van der Waals surface area (Å²) in [4.78, 5) is 29.1. The number of nitrogens with one attached hydrogen (secondary N) is 1. The van der Waals surface area contributed by atoms with Crippen LogP contribution in [0.25, 0.3) is 0 Å². The summed E-state index contributed by atoms with van der Waals surface area (Å²) in [5.41, 5.74) is 0. The molecular formula is C11H15N5O3. The Morgan fingerprint density at radius 2 is 2.21 bits per heavy atom. The van der Waals surface area contributed by atoms with Crippen molar-refractivity contribution >= 4 is 12.0 Å². The molecule has 1 rings (SSSR count). The lowest BCUT2D eigenvalue weighted by molar-refractivity contribution is -0.137. The van der Waals surface area contributed by atoms with E-state index in [0.29, 0.717) is 11.6 Å². The molecule has 0 aliphatic heterocycles. The average Bonchev–Trinajstić information content (AvgIpc) is 2.72. The fraction of sp³-hybridized carbons (Fsp3) is 0.455. The first kappa shape index (κ1) is 14.5. The number of H-pyrrole nitrogens is 1. The number of aliphatic carboxylic acids is 1. The second-order valence-electron chi connectivity index (χ2n) is 3.93. The quantitative estimate of drug-likeness (QED) is 0.711. The van der Waals surface area contributed by atoms with Crippen molar-refractivity contribution in [1.82, 2.24) is 25.0 Å². The average molecular weight is 265 g/mol. The number of nitrogens with zero attached hydrogens (tertiary/aromatic N) is 4. The van der Waals surface area contributed by atoms with Gasteiger partial charge in [-0.15, -0.1) is 6.42 Å². The van der Waals surface area contributed by atoms with Crippen LogP contribution >= 0.6 is 0 Å². The number of urea groups is 1. The van der Waals surface area contributed by atoms with E-state index in [1.165, 1.54) is 11.9 Å². The molecule has 1 heterocycles. The molecule has 0 saturated heterocycles. The summed E-state index contributed by atoms with van der Waals surface area (Å²) in [6, 6.07) is -0.484. The predicted octanol–water partition coefficient (Wildman–Crippen LogP) is -0.315. The first-order valence-corrected chi connectivity index (χ1v) is 5.47. The summed E-state index contributed by atoms with van der Waals surface area (Å²) in [5, 5.41) is 15.3. The highest BCUT2D eigenvalue weighted by Gasteiger charge is 2.20. The smallest absolute Gasteiger partial charge is 0.323 e. The summed E-state index contributed by atoms with van der Waals surface area (Å²) in [6.07, 6.45) is 5.11. The molecule has 102 valence electrons. The molecule has 1 aromatic heterocycles. The molecule has 0 aliphatic rings. The van der Waals surface area contributed by atoms with E-state index >= 15 is 0 Å². The lowest BCUT2D eigenvalue weighted by Gasteiger charge is -2.24. The van der Waals surface area contributed by atoms with Crippen LogP contribution in [-0.2, 0) is 11.3 Å². The maximum atomic E-state index is 12.0. The van der Waals surface area contributed by atoms with Crippen molar-refractivity contribution < 1.29 is 14.7 Å². The van der Waals surface area contributed by atoms with Gasteiger partial charge in [0.25, 0.3) is 0 Å². The molecule has 2 amide bonds. The Morgan fingerprint density at radius 1 is 1.53 bits per heavy atom. The topological polar surface area (TPSA) is 102 Å². The zero-order valence-corrected chi connectivity index (χ0v) is 10.8. The number of rotatable bonds is 5. The molecule has 1 aromatic rings. The van der Waals surface area contributed by atoms with E-state index in [4.69, 9.17) is 11.5 Å². The van der Waals surface area contributed by atoms with E-state index in [1.54, 1.807) is 6.92 Å². The highest BCUT2D eigenvalue weighted by molar-refractivity contribution is 5.80. The Hall–Kier alpha value is -2.56. The molecule has 0 radical (unpaired) electrons. The SMILES string of the molecule is C#CCN(CC(=O)O)C(=O)N(C)Cc1n[nH]c(C)n1. The van der Waals surface area contributed by atoms with Crippen LogP contribution in [0.2, 0.25) is 0 Å². The van der Waals surface area contributed by atoms with Crippen molar-refractivity contribution in [2.24, 2.45) is 0 Å². The standard InChI is InChI=1S/C11H15N5O3/c1-4-5-16(7-10(17)18)11(19)15(3)6-9-12-8(2)13-14-9/h1H,5-7H2,2-3H3,(H,17,18)(H,12,13,14). The lowest BCUT2D eigenvalue weighted by atomic mass is 10.4. The van der Waals surface area contributed by atoms with Gasteiger partial charge in [0.15, 0.2) is 5.82 Å². The minimum atomic E-state index is -1.12. The second kappa shape index (κ2) is 6.39. The summed E-state index contributed by atoms with van der Waals surface area (Å²) in [6.45, 7) is 1.40. The summed E-state index contributed by atoms with van der Waals surface area (Å²) < 4.78 is 0. The number of amides is 2. The molecule has 0 bridgehead atoms. The van der Waals surface area contributed by atoms with Gasteiger partial charge in [-0.1, -0.05) is 5.92 Å². The van der Waals surface area contributed by atoms with Crippen LogP contribution in [0.5, 0.6) is 0 Å². The number of hydrogen-bond donors (Lipinski definition) is 2. The van der Waals surface area contributed by atoms with Gasteiger partial charge >= 0.3 is 12.0 Å². The van der Waals surface area contributed by atoms with Gasteiger partial charge in [-0.05, 0) is 6.92 Å². The molecule has 0 saturated carbocycles. The number of carbonyl (C=O) groups is 2. The zero-order chi connectivity index (χ0) is 14.4. The van der Waals surface area contributed by atoms with Gasteiger partial charge in [0, 0.05) is 7.05 Å². The molecular weight excluding hydrogens is 250 g/mol. The first-order valence-electron chi connectivity index (χ1n) is 5.47. The van der Waals surface area contributed by atoms with Crippen LogP contribution < -0.4 is 0 Å². The zero-order valence-electron chi connectivity index (χ0n) is 10.8. The monoisotopic (exact) mass is 265 g/mol. The van der Waals surface area contributed by atoms with Crippen molar-refractivity contribution in [3.63, 3.8) is 0 Å². The summed E-state index contributed by atoms with van der Waals surface area (Å²) in [5.74, 6) is 2.22. The Labute approximate surface area is 110 Å². The number of aromatic amines is 1. The van der Waals surface area contributed by atoms with Gasteiger partial charge < -0.3 is 14.9 Å². The van der Waals surface area contributed by atoms with Gasteiger partial charge in [0.1, 0.15) is 12.4 Å². The van der Waals surface area contributed by atoms with E-state index in [0.717, 1.165) is 4.90 Å². The minimum absolute atomic E-state index is 0.0670. The molecule has 0 aliphatic carbocycles. The van der Waals surface area contributed by atoms with Crippen LogP contribution in [0.1, 0.15) is 11.6 Å². The van der Waals surface area contributed by atoms with Crippen LogP contribution in [-0.4, -0.2) is 62.2 Å². The van der Waals surface area contributed by atoms with E-state index in [2.05, 4.69) is 21.1 Å². The van der Waals surface area contributed by atoms with E-state index < -0.39 is 18.5 Å². The fourth-order valence-corrected chi connectivity index (χ4v) is 1.45. The third-order valence-electron chi connectivity index (χ3n) is 2.23. The molecule has 2 N–H and O–H groups in total. The molecule has 0 fully saturated rings. The highest BCUT2D eigenvalue weighted by atomic mass is 16.4. The predicted molar refractivity (Wildman–Crippen MR) is 66.0 cm³/mol. The van der Waals surface area contributed by atoms with Crippen molar-refractivity contribution in [1.29, 1.82) is 0 Å². The number of aromatic nitrogens is 3. The molecule has 19 heavy (non-hydrogen) atoms. The fourth-order valence-electron chi connectivity index (χ4n) is 1.45. The molecule has 8 heteroatoms. The van der Waals surface area contributed by atoms with Gasteiger partial charge in [-0.3, -0.25) is 9.89 Å². The van der Waals surface area contributed by atoms with Gasteiger partial charge in [-0.25, -0.2) is 9.78 Å². The maximum absolute atomic E-state index is 12.0.